The number of imidazole rings is 1. The second kappa shape index (κ2) is 5.57. The zero-order chi connectivity index (χ0) is 14.0. The number of fused-ring (bicyclic) bond motifs is 1. The molecule has 5 nitrogen and oxygen atoms in total. The third-order valence-corrected chi connectivity index (χ3v) is 3.43. The third-order valence-electron chi connectivity index (χ3n) is 3.23. The maximum absolute atomic E-state index is 11.0. The maximum atomic E-state index is 11.0. The van der Waals surface area contributed by atoms with Gasteiger partial charge >= 0.3 is 5.97 Å². The van der Waals surface area contributed by atoms with Crippen molar-refractivity contribution in [3.8, 4) is 0 Å². The molecule has 0 unspecified atom stereocenters. The summed E-state index contributed by atoms with van der Waals surface area (Å²) >= 11 is 5.91. The first-order valence-electron chi connectivity index (χ1n) is 6.30. The normalized spacial score (nSPS) is 11.4. The van der Waals surface area contributed by atoms with Gasteiger partial charge in [0.2, 0.25) is 0 Å². The molecule has 0 aromatic carbocycles. The molecule has 19 heavy (non-hydrogen) atoms. The number of nitrogens with zero attached hydrogens (tertiary/aromatic N) is 3. The molecule has 2 aromatic heterocycles. The van der Waals surface area contributed by atoms with Gasteiger partial charge in [-0.15, -0.1) is 0 Å². The minimum absolute atomic E-state index is 0.128. The minimum Gasteiger partial charge on any atom is -0.480 e. The summed E-state index contributed by atoms with van der Waals surface area (Å²) < 4.78 is 1.67. The number of aliphatic carboxylic acids is 1. The van der Waals surface area contributed by atoms with Gasteiger partial charge in [0.15, 0.2) is 5.65 Å². The zero-order valence-corrected chi connectivity index (χ0v) is 11.7. The molecular formula is C13H16ClN3O2. The van der Waals surface area contributed by atoms with Crippen LogP contribution in [0.1, 0.15) is 38.4 Å². The van der Waals surface area contributed by atoms with E-state index < -0.39 is 5.97 Å². The van der Waals surface area contributed by atoms with E-state index in [2.05, 4.69) is 23.8 Å². The van der Waals surface area contributed by atoms with Gasteiger partial charge in [0, 0.05) is 12.1 Å². The highest BCUT2D eigenvalue weighted by Gasteiger charge is 2.20. The topological polar surface area (TPSA) is 68.0 Å². The first kappa shape index (κ1) is 13.8. The molecule has 0 saturated heterocycles. The maximum Gasteiger partial charge on any atom is 0.323 e. The Bertz CT molecular complexity index is 605. The van der Waals surface area contributed by atoms with Gasteiger partial charge in [-0.3, -0.25) is 4.79 Å². The van der Waals surface area contributed by atoms with Crippen LogP contribution in [0.4, 0.5) is 0 Å². The van der Waals surface area contributed by atoms with Gasteiger partial charge < -0.3 is 9.67 Å². The molecule has 2 heterocycles. The smallest absolute Gasteiger partial charge is 0.323 e. The zero-order valence-electron chi connectivity index (χ0n) is 10.9. The van der Waals surface area contributed by atoms with Gasteiger partial charge in [0.05, 0.1) is 5.02 Å². The van der Waals surface area contributed by atoms with Crippen molar-refractivity contribution in [2.45, 2.75) is 39.2 Å². The molecule has 2 aromatic rings. The summed E-state index contributed by atoms with van der Waals surface area (Å²) in [6, 6.07) is 1.72. The predicted octanol–water partition coefficient (Wildman–Crippen LogP) is 3.07. The van der Waals surface area contributed by atoms with Crippen LogP contribution in [0.2, 0.25) is 5.02 Å². The van der Waals surface area contributed by atoms with Crippen molar-refractivity contribution in [1.29, 1.82) is 0 Å². The Kier molecular flexibility index (Phi) is 4.04. The van der Waals surface area contributed by atoms with Crippen LogP contribution < -0.4 is 0 Å². The number of carboxylic acids is 1. The molecule has 0 fully saturated rings. The lowest BCUT2D eigenvalue weighted by molar-refractivity contribution is -0.137. The Morgan fingerprint density at radius 2 is 2.16 bits per heavy atom. The number of rotatable bonds is 5. The highest BCUT2D eigenvalue weighted by atomic mass is 35.5. The van der Waals surface area contributed by atoms with Crippen LogP contribution in [0.3, 0.4) is 0 Å². The van der Waals surface area contributed by atoms with E-state index in [4.69, 9.17) is 16.7 Å². The van der Waals surface area contributed by atoms with E-state index in [0.29, 0.717) is 16.2 Å². The van der Waals surface area contributed by atoms with Crippen molar-refractivity contribution in [3.05, 3.63) is 23.1 Å². The monoisotopic (exact) mass is 281 g/mol. The Hall–Kier alpha value is -1.62. The van der Waals surface area contributed by atoms with E-state index in [9.17, 15) is 4.79 Å². The Morgan fingerprint density at radius 1 is 1.47 bits per heavy atom. The van der Waals surface area contributed by atoms with Crippen LogP contribution in [0, 0.1) is 0 Å². The summed E-state index contributed by atoms with van der Waals surface area (Å²) in [5.41, 5.74) is 1.23. The summed E-state index contributed by atoms with van der Waals surface area (Å²) in [5.74, 6) is 0.104. The van der Waals surface area contributed by atoms with Crippen LogP contribution in [0.5, 0.6) is 0 Å². The van der Waals surface area contributed by atoms with Crippen LogP contribution >= 0.6 is 11.6 Å². The van der Waals surface area contributed by atoms with Gasteiger partial charge in [-0.25, -0.2) is 9.97 Å². The Balaban J connectivity index is 2.63. The fraction of sp³-hybridized carbons (Fsp3) is 0.462. The second-order valence-corrected chi connectivity index (χ2v) is 4.90. The summed E-state index contributed by atoms with van der Waals surface area (Å²) in [4.78, 5) is 19.8. The molecule has 0 spiro atoms. The Morgan fingerprint density at radius 3 is 2.74 bits per heavy atom. The standard InChI is InChI=1S/C13H16ClN3O2/c1-3-8(4-2)12-16-10-5-9(14)6-15-13(10)17(12)7-11(18)19/h5-6,8H,3-4,7H2,1-2H3,(H,18,19). The van der Waals surface area contributed by atoms with E-state index >= 15 is 0 Å². The quantitative estimate of drug-likeness (QED) is 0.914. The van der Waals surface area contributed by atoms with Crippen molar-refractivity contribution >= 4 is 28.7 Å². The molecule has 0 radical (unpaired) electrons. The fourth-order valence-electron chi connectivity index (χ4n) is 2.26. The number of hydrogen-bond acceptors (Lipinski definition) is 3. The van der Waals surface area contributed by atoms with Gasteiger partial charge in [-0.2, -0.15) is 0 Å². The SMILES string of the molecule is CCC(CC)c1nc2cc(Cl)cnc2n1CC(=O)O. The van der Waals surface area contributed by atoms with E-state index in [0.717, 1.165) is 18.7 Å². The van der Waals surface area contributed by atoms with Gasteiger partial charge in [-0.05, 0) is 18.9 Å². The molecule has 0 saturated carbocycles. The third kappa shape index (κ3) is 2.71. The second-order valence-electron chi connectivity index (χ2n) is 4.46. The van der Waals surface area contributed by atoms with Crippen LogP contribution in [0.15, 0.2) is 12.3 Å². The number of carboxylic acid groups (broad SMARTS) is 1. The molecule has 0 atom stereocenters. The predicted molar refractivity (Wildman–Crippen MR) is 73.5 cm³/mol. The molecule has 0 aliphatic heterocycles. The molecule has 0 bridgehead atoms. The summed E-state index contributed by atoms with van der Waals surface area (Å²) in [5, 5.41) is 9.55. The molecule has 1 N–H and O–H groups in total. The van der Waals surface area contributed by atoms with Crippen molar-refractivity contribution in [2.75, 3.05) is 0 Å². The van der Waals surface area contributed by atoms with Crippen LogP contribution in [0.25, 0.3) is 11.2 Å². The van der Waals surface area contributed by atoms with Crippen molar-refractivity contribution in [1.82, 2.24) is 14.5 Å². The van der Waals surface area contributed by atoms with E-state index in [-0.39, 0.29) is 12.5 Å². The lowest BCUT2D eigenvalue weighted by Crippen LogP contribution is -2.14. The first-order valence-corrected chi connectivity index (χ1v) is 6.68. The first-order chi connectivity index (χ1) is 9.06. The lowest BCUT2D eigenvalue weighted by Gasteiger charge is -2.13. The summed E-state index contributed by atoms with van der Waals surface area (Å²) in [7, 11) is 0. The summed E-state index contributed by atoms with van der Waals surface area (Å²) in [6.07, 6.45) is 3.33. The van der Waals surface area contributed by atoms with Crippen LogP contribution in [-0.2, 0) is 11.3 Å². The number of aromatic nitrogens is 3. The highest BCUT2D eigenvalue weighted by Crippen LogP contribution is 2.26. The number of pyridine rings is 1. The van der Waals surface area contributed by atoms with Crippen molar-refractivity contribution in [2.24, 2.45) is 0 Å². The molecule has 0 aliphatic rings. The highest BCUT2D eigenvalue weighted by molar-refractivity contribution is 6.31. The van der Waals surface area contributed by atoms with Crippen LogP contribution in [-0.4, -0.2) is 25.6 Å². The van der Waals surface area contributed by atoms with Gasteiger partial charge in [0.25, 0.3) is 0 Å². The molecule has 0 aliphatic carbocycles. The number of hydrogen-bond donors (Lipinski definition) is 1. The van der Waals surface area contributed by atoms with E-state index in [1.807, 2.05) is 0 Å². The van der Waals surface area contributed by atoms with Crippen molar-refractivity contribution in [3.63, 3.8) is 0 Å². The molecule has 102 valence electrons. The van der Waals surface area contributed by atoms with E-state index in [1.54, 1.807) is 10.6 Å². The number of halogens is 1. The van der Waals surface area contributed by atoms with Crippen molar-refractivity contribution < 1.29 is 9.90 Å². The lowest BCUT2D eigenvalue weighted by atomic mass is 10.0. The Labute approximate surface area is 116 Å². The average Bonchev–Trinajstić information content (AvgIpc) is 2.68. The van der Waals surface area contributed by atoms with E-state index in [1.165, 1.54) is 6.20 Å². The average molecular weight is 282 g/mol. The number of carbonyl (C=O) groups is 1. The summed E-state index contributed by atoms with van der Waals surface area (Å²) in [6.45, 7) is 4.01. The molecule has 6 heteroatoms. The molecule has 0 amide bonds. The van der Waals surface area contributed by atoms with Gasteiger partial charge in [0.1, 0.15) is 17.9 Å². The fourth-order valence-corrected chi connectivity index (χ4v) is 2.41. The minimum atomic E-state index is -0.900. The largest absolute Gasteiger partial charge is 0.480 e. The van der Waals surface area contributed by atoms with Gasteiger partial charge in [-0.1, -0.05) is 25.4 Å². The molecular weight excluding hydrogens is 266 g/mol. The molecule has 2 rings (SSSR count).